The lowest BCUT2D eigenvalue weighted by molar-refractivity contribution is -0.161. The van der Waals surface area contributed by atoms with Crippen LogP contribution >= 0.6 is 15.6 Å². The molecule has 0 rings (SSSR count). The largest absolute Gasteiger partial charge is 0.472 e. The molecule has 0 aliphatic heterocycles. The third-order valence-electron chi connectivity index (χ3n) is 15.5. The number of phosphoric ester groups is 2. The van der Waals surface area contributed by atoms with Gasteiger partial charge in [0.1, 0.15) is 19.3 Å². The Morgan fingerprint density at radius 3 is 0.814 bits per heavy atom. The van der Waals surface area contributed by atoms with Crippen LogP contribution in [-0.2, 0) is 65.4 Å². The molecule has 0 aromatic heterocycles. The molecule has 0 amide bonds. The quantitative estimate of drug-likeness (QED) is 0.0169. The van der Waals surface area contributed by atoms with Crippen LogP contribution in [0.3, 0.4) is 0 Å². The Balaban J connectivity index is 5.43. The first-order valence-electron chi connectivity index (χ1n) is 38.7. The summed E-state index contributed by atoms with van der Waals surface area (Å²) in [6.07, 6.45) is 85.2. The first-order valence-corrected chi connectivity index (χ1v) is 41.7. The summed E-state index contributed by atoms with van der Waals surface area (Å²) in [6, 6.07) is 0. The minimum Gasteiger partial charge on any atom is -0.462 e. The van der Waals surface area contributed by atoms with E-state index in [0.29, 0.717) is 32.1 Å². The second-order valence-electron chi connectivity index (χ2n) is 25.1. The van der Waals surface area contributed by atoms with Crippen LogP contribution in [-0.4, -0.2) is 96.7 Å². The number of hydrogen-bond acceptors (Lipinski definition) is 15. The SMILES string of the molecule is CC/C=C\C/C=C\C/C=C\C/C=C\CCCCCCCCC(=O)OCC(COP(=O)(O)OCC(O)COP(=O)(O)OCC(COC(=O)CCCC/C=C\C/C=C\C/C=C\C/C=C\CC)OC(=O)CCCC/C=C\C/C=C\C/C=C\C/C=C\CC)OC(=O)CCCCCCC/C=C\CCCCCC. The average molecular weight is 1470 g/mol. The van der Waals surface area contributed by atoms with E-state index < -0.39 is 97.5 Å². The van der Waals surface area contributed by atoms with E-state index in [0.717, 1.165) is 173 Å². The summed E-state index contributed by atoms with van der Waals surface area (Å²) in [7, 11) is -9.99. The van der Waals surface area contributed by atoms with Gasteiger partial charge in [0, 0.05) is 25.7 Å². The number of unbranched alkanes of at least 4 members (excludes halogenated alkanes) is 19. The van der Waals surface area contributed by atoms with Crippen molar-refractivity contribution in [2.45, 2.75) is 303 Å². The predicted octanol–water partition coefficient (Wildman–Crippen LogP) is 22.4. The average Bonchev–Trinajstić information content (AvgIpc) is 0.908. The van der Waals surface area contributed by atoms with Crippen LogP contribution < -0.4 is 0 Å². The Morgan fingerprint density at radius 1 is 0.284 bits per heavy atom. The standard InChI is InChI=1S/C83H136O17P2/c1-5-9-13-17-21-25-29-33-36-37-38-39-42-45-48-52-56-60-64-68-81(86)94-73-78(99-82(87)69-65-61-57-53-49-43-32-28-24-20-16-12-8-4)75-97-101(89,90)95-71-77(84)72-96-102(91,92)98-76-79(100-83(88)70-66-62-58-54-50-46-41-35-31-27-23-19-15-11-7-3)74-93-80(85)67-63-59-55-51-47-44-40-34-30-26-22-18-14-10-6-2/h9-11,13-15,21-23,25-28,32-36,38-41,47,50-51,54,77-79,84H,5-8,12,16-20,24,29-31,37,42-46,48-49,52-53,55-76H2,1-4H3,(H,89,90)(H,91,92)/b13-9-,14-10-,15-11-,25-21-,26-22-,27-23-,32-28-,36-33-,39-38-,40-34-,41-35-,51-47-,54-50-. The maximum Gasteiger partial charge on any atom is 0.472 e. The first-order chi connectivity index (χ1) is 49.7. The van der Waals surface area contributed by atoms with E-state index in [4.69, 9.17) is 37.0 Å². The highest BCUT2D eigenvalue weighted by Gasteiger charge is 2.30. The van der Waals surface area contributed by atoms with Crippen LogP contribution in [0.2, 0.25) is 0 Å². The summed E-state index contributed by atoms with van der Waals surface area (Å²) in [4.78, 5) is 72.9. The van der Waals surface area contributed by atoms with Crippen LogP contribution in [0.4, 0.5) is 0 Å². The number of esters is 4. The van der Waals surface area contributed by atoms with E-state index in [1.54, 1.807) is 0 Å². The van der Waals surface area contributed by atoms with E-state index in [1.165, 1.54) is 25.7 Å². The molecule has 102 heavy (non-hydrogen) atoms. The van der Waals surface area contributed by atoms with Crippen LogP contribution in [0.25, 0.3) is 0 Å². The zero-order valence-corrected chi connectivity index (χ0v) is 65.0. The number of rotatable bonds is 71. The molecule has 0 aromatic rings. The van der Waals surface area contributed by atoms with Gasteiger partial charge >= 0.3 is 39.5 Å². The lowest BCUT2D eigenvalue weighted by Gasteiger charge is -2.21. The molecule has 5 atom stereocenters. The van der Waals surface area contributed by atoms with Gasteiger partial charge in [-0.3, -0.25) is 37.3 Å². The molecule has 17 nitrogen and oxygen atoms in total. The van der Waals surface area contributed by atoms with E-state index in [9.17, 15) is 43.2 Å². The maximum atomic E-state index is 13.1. The lowest BCUT2D eigenvalue weighted by Crippen LogP contribution is -2.30. The monoisotopic (exact) mass is 1470 g/mol. The lowest BCUT2D eigenvalue weighted by atomic mass is 10.1. The molecule has 0 aliphatic rings. The third-order valence-corrected chi connectivity index (χ3v) is 17.4. The molecule has 0 saturated carbocycles. The van der Waals surface area contributed by atoms with Gasteiger partial charge in [-0.25, -0.2) is 9.13 Å². The molecular formula is C83H136O17P2. The molecule has 0 radical (unpaired) electrons. The number of hydrogen-bond donors (Lipinski definition) is 3. The van der Waals surface area contributed by atoms with Crippen molar-refractivity contribution < 1.29 is 80.2 Å². The summed E-state index contributed by atoms with van der Waals surface area (Å²) in [5, 5.41) is 10.6. The number of aliphatic hydroxyl groups excluding tert-OH is 1. The second kappa shape index (κ2) is 74.0. The fourth-order valence-corrected chi connectivity index (χ4v) is 11.2. The van der Waals surface area contributed by atoms with Gasteiger partial charge in [-0.1, -0.05) is 250 Å². The van der Waals surface area contributed by atoms with Gasteiger partial charge in [0.15, 0.2) is 12.2 Å². The predicted molar refractivity (Wildman–Crippen MR) is 417 cm³/mol. The van der Waals surface area contributed by atoms with E-state index in [1.807, 2.05) is 0 Å². The molecular weight excluding hydrogens is 1330 g/mol. The Hall–Kier alpha value is -5.32. The minimum atomic E-state index is -5.00. The zero-order chi connectivity index (χ0) is 74.6. The van der Waals surface area contributed by atoms with Crippen molar-refractivity contribution >= 4 is 39.5 Å². The Kier molecular flexibility index (Phi) is 70.1. The number of carbonyl (C=O) groups excluding carboxylic acids is 4. The van der Waals surface area contributed by atoms with Crippen LogP contribution in [0.15, 0.2) is 158 Å². The van der Waals surface area contributed by atoms with E-state index in [2.05, 4.69) is 186 Å². The molecule has 0 aliphatic carbocycles. The van der Waals surface area contributed by atoms with Gasteiger partial charge in [0.05, 0.1) is 26.4 Å². The second-order valence-corrected chi connectivity index (χ2v) is 28.1. The van der Waals surface area contributed by atoms with Crippen molar-refractivity contribution in [3.8, 4) is 0 Å². The first kappa shape index (κ1) is 96.7. The molecule has 0 saturated heterocycles. The highest BCUT2D eigenvalue weighted by molar-refractivity contribution is 7.47. The van der Waals surface area contributed by atoms with Gasteiger partial charge in [-0.2, -0.15) is 0 Å². The van der Waals surface area contributed by atoms with Crippen LogP contribution in [0.5, 0.6) is 0 Å². The summed E-state index contributed by atoms with van der Waals surface area (Å²) >= 11 is 0. The molecule has 5 unspecified atom stereocenters. The van der Waals surface area contributed by atoms with E-state index in [-0.39, 0.29) is 25.7 Å². The molecule has 0 bridgehead atoms. The number of phosphoric acid groups is 2. The maximum absolute atomic E-state index is 13.1. The number of aliphatic hydroxyl groups is 1. The molecule has 0 heterocycles. The van der Waals surface area contributed by atoms with E-state index >= 15 is 0 Å². The fourth-order valence-electron chi connectivity index (χ4n) is 9.66. The van der Waals surface area contributed by atoms with Gasteiger partial charge in [0.2, 0.25) is 0 Å². The van der Waals surface area contributed by atoms with Crippen molar-refractivity contribution in [3.63, 3.8) is 0 Å². The van der Waals surface area contributed by atoms with Gasteiger partial charge in [-0.15, -0.1) is 0 Å². The number of carbonyl (C=O) groups is 4. The number of ether oxygens (including phenoxy) is 4. The zero-order valence-electron chi connectivity index (χ0n) is 63.2. The summed E-state index contributed by atoms with van der Waals surface area (Å²) < 4.78 is 68.4. The van der Waals surface area contributed by atoms with Gasteiger partial charge in [0.25, 0.3) is 0 Å². The van der Waals surface area contributed by atoms with Gasteiger partial charge in [-0.05, 0) is 167 Å². The highest BCUT2D eigenvalue weighted by Crippen LogP contribution is 2.45. The molecule has 0 spiro atoms. The van der Waals surface area contributed by atoms with Crippen molar-refractivity contribution in [3.05, 3.63) is 158 Å². The normalized spacial score (nSPS) is 14.8. The fraction of sp³-hybridized carbons (Fsp3) is 0.639. The highest BCUT2D eigenvalue weighted by atomic mass is 31.2. The summed E-state index contributed by atoms with van der Waals surface area (Å²) in [6.45, 7) is 4.38. The molecule has 0 aromatic carbocycles. The minimum absolute atomic E-state index is 0.0282. The third kappa shape index (κ3) is 73.0. The number of allylic oxidation sites excluding steroid dienone is 26. The molecule has 580 valence electrons. The van der Waals surface area contributed by atoms with Crippen molar-refractivity contribution in [2.75, 3.05) is 39.6 Å². The molecule has 0 fully saturated rings. The van der Waals surface area contributed by atoms with Gasteiger partial charge < -0.3 is 33.8 Å². The Morgan fingerprint density at radius 2 is 0.510 bits per heavy atom. The van der Waals surface area contributed by atoms with Crippen molar-refractivity contribution in [1.29, 1.82) is 0 Å². The van der Waals surface area contributed by atoms with Crippen LogP contribution in [0, 0.1) is 0 Å². The summed E-state index contributed by atoms with van der Waals surface area (Å²) in [5.41, 5.74) is 0. The Bertz CT molecular complexity index is 2550. The van der Waals surface area contributed by atoms with Crippen LogP contribution in [0.1, 0.15) is 285 Å². The van der Waals surface area contributed by atoms with Crippen molar-refractivity contribution in [2.24, 2.45) is 0 Å². The topological polar surface area (TPSA) is 237 Å². The molecule has 3 N–H and O–H groups in total. The van der Waals surface area contributed by atoms with Crippen molar-refractivity contribution in [1.82, 2.24) is 0 Å². The smallest absolute Gasteiger partial charge is 0.462 e. The molecule has 19 heteroatoms. The summed E-state index contributed by atoms with van der Waals surface area (Å²) in [5.74, 6) is -2.31. The Labute approximate surface area is 617 Å².